The quantitative estimate of drug-likeness (QED) is 0.502. The van der Waals surface area contributed by atoms with E-state index in [2.05, 4.69) is 5.32 Å². The fourth-order valence-corrected chi connectivity index (χ4v) is 1.60. The van der Waals surface area contributed by atoms with E-state index in [1.54, 1.807) is 0 Å². The number of nitrogens with one attached hydrogen (secondary N) is 1. The summed E-state index contributed by atoms with van der Waals surface area (Å²) in [6, 6.07) is 8.32. The van der Waals surface area contributed by atoms with Crippen LogP contribution in [-0.4, -0.2) is 22.5 Å². The first-order chi connectivity index (χ1) is 10.5. The van der Waals surface area contributed by atoms with E-state index < -0.39 is 23.3 Å². The third-order valence-corrected chi connectivity index (χ3v) is 2.65. The van der Waals surface area contributed by atoms with Crippen LogP contribution >= 0.6 is 0 Å². The third-order valence-electron chi connectivity index (χ3n) is 2.65. The summed E-state index contributed by atoms with van der Waals surface area (Å²) in [4.78, 5) is 21.7. The van der Waals surface area contributed by atoms with Crippen molar-refractivity contribution in [2.75, 3.05) is 11.9 Å². The van der Waals surface area contributed by atoms with Crippen LogP contribution in [0.4, 0.5) is 15.8 Å². The first-order valence-corrected chi connectivity index (χ1v) is 6.11. The van der Waals surface area contributed by atoms with E-state index in [-0.39, 0.29) is 17.1 Å². The molecule has 22 heavy (non-hydrogen) atoms. The van der Waals surface area contributed by atoms with Gasteiger partial charge in [-0.2, -0.15) is 0 Å². The molecule has 0 saturated heterocycles. The number of halogens is 1. The molecule has 2 N–H and O–H groups in total. The normalized spacial score (nSPS) is 10.0. The Morgan fingerprint density at radius 2 is 1.95 bits per heavy atom. The molecule has 0 spiro atoms. The number of non-ortho nitro benzene ring substituents is 1. The number of phenols is 1. The summed E-state index contributed by atoms with van der Waals surface area (Å²) in [7, 11) is 0. The molecule has 0 aliphatic rings. The van der Waals surface area contributed by atoms with Gasteiger partial charge in [0.05, 0.1) is 10.6 Å². The number of anilines is 1. The van der Waals surface area contributed by atoms with Crippen molar-refractivity contribution in [2.24, 2.45) is 0 Å². The number of ether oxygens (including phenoxy) is 1. The van der Waals surface area contributed by atoms with E-state index in [1.807, 2.05) is 0 Å². The zero-order valence-corrected chi connectivity index (χ0v) is 11.2. The highest BCUT2D eigenvalue weighted by atomic mass is 19.1. The molecule has 0 radical (unpaired) electrons. The number of benzene rings is 2. The maximum atomic E-state index is 12.7. The second kappa shape index (κ2) is 6.53. The lowest BCUT2D eigenvalue weighted by molar-refractivity contribution is -0.384. The fourth-order valence-electron chi connectivity index (χ4n) is 1.60. The molecule has 2 rings (SSSR count). The van der Waals surface area contributed by atoms with E-state index >= 15 is 0 Å². The van der Waals surface area contributed by atoms with Crippen molar-refractivity contribution < 1.29 is 24.0 Å². The Kier molecular flexibility index (Phi) is 4.52. The van der Waals surface area contributed by atoms with E-state index in [9.17, 15) is 24.4 Å². The third kappa shape index (κ3) is 3.92. The number of nitro benzene ring substituents is 1. The van der Waals surface area contributed by atoms with Gasteiger partial charge in [-0.05, 0) is 30.3 Å². The Hall–Kier alpha value is -3.16. The van der Waals surface area contributed by atoms with Gasteiger partial charge < -0.3 is 15.2 Å². The number of hydrogen-bond donors (Lipinski definition) is 2. The van der Waals surface area contributed by atoms with Crippen molar-refractivity contribution in [3.05, 3.63) is 58.4 Å². The van der Waals surface area contributed by atoms with Crippen LogP contribution in [0.1, 0.15) is 0 Å². The number of hydrogen-bond acceptors (Lipinski definition) is 5. The van der Waals surface area contributed by atoms with Gasteiger partial charge in [-0.15, -0.1) is 0 Å². The molecule has 0 saturated carbocycles. The van der Waals surface area contributed by atoms with Crippen LogP contribution < -0.4 is 10.1 Å². The summed E-state index contributed by atoms with van der Waals surface area (Å²) in [5.41, 5.74) is -0.366. The van der Waals surface area contributed by atoms with Gasteiger partial charge in [-0.3, -0.25) is 14.9 Å². The largest absolute Gasteiger partial charge is 0.506 e. The summed E-state index contributed by atoms with van der Waals surface area (Å²) in [6.07, 6.45) is 0. The van der Waals surface area contributed by atoms with Crippen molar-refractivity contribution in [3.63, 3.8) is 0 Å². The topological polar surface area (TPSA) is 102 Å². The maximum absolute atomic E-state index is 12.7. The number of amides is 1. The zero-order valence-electron chi connectivity index (χ0n) is 11.2. The maximum Gasteiger partial charge on any atom is 0.271 e. The fraction of sp³-hybridized carbons (Fsp3) is 0.0714. The van der Waals surface area contributed by atoms with Crippen molar-refractivity contribution in [1.29, 1.82) is 0 Å². The molecule has 8 heteroatoms. The highest BCUT2D eigenvalue weighted by Crippen LogP contribution is 2.27. The van der Waals surface area contributed by atoms with Gasteiger partial charge in [0, 0.05) is 12.1 Å². The first-order valence-electron chi connectivity index (χ1n) is 6.11. The molecular weight excluding hydrogens is 295 g/mol. The van der Waals surface area contributed by atoms with Gasteiger partial charge in [-0.25, -0.2) is 4.39 Å². The lowest BCUT2D eigenvalue weighted by atomic mass is 10.2. The number of nitro groups is 1. The SMILES string of the molecule is O=C(COc1ccc(F)cc1)Nc1cc([N+](=O)[O-])ccc1O. The highest BCUT2D eigenvalue weighted by Gasteiger charge is 2.13. The number of phenolic OH excluding ortho intramolecular Hbond substituents is 1. The summed E-state index contributed by atoms with van der Waals surface area (Å²) in [6.45, 7) is -0.395. The van der Waals surface area contributed by atoms with Crippen LogP contribution in [0, 0.1) is 15.9 Å². The van der Waals surface area contributed by atoms with Crippen molar-refractivity contribution in [1.82, 2.24) is 0 Å². The lowest BCUT2D eigenvalue weighted by Gasteiger charge is -2.08. The van der Waals surface area contributed by atoms with Gasteiger partial charge in [0.2, 0.25) is 0 Å². The highest BCUT2D eigenvalue weighted by molar-refractivity contribution is 5.93. The van der Waals surface area contributed by atoms with E-state index in [0.717, 1.165) is 18.2 Å². The zero-order chi connectivity index (χ0) is 16.1. The van der Waals surface area contributed by atoms with Crippen LogP contribution in [0.5, 0.6) is 11.5 Å². The minimum Gasteiger partial charge on any atom is -0.506 e. The van der Waals surface area contributed by atoms with Crippen LogP contribution in [0.25, 0.3) is 0 Å². The molecule has 0 aliphatic heterocycles. The van der Waals surface area contributed by atoms with Crippen LogP contribution in [0.2, 0.25) is 0 Å². The van der Waals surface area contributed by atoms with Crippen LogP contribution in [0.3, 0.4) is 0 Å². The molecular formula is C14H11FN2O5. The number of aromatic hydroxyl groups is 1. The Bertz CT molecular complexity index is 703. The summed E-state index contributed by atoms with van der Waals surface area (Å²) in [5, 5.41) is 22.5. The van der Waals surface area contributed by atoms with Gasteiger partial charge in [0.1, 0.15) is 17.3 Å². The van der Waals surface area contributed by atoms with Gasteiger partial charge >= 0.3 is 0 Å². The van der Waals surface area contributed by atoms with Crippen LogP contribution in [0.15, 0.2) is 42.5 Å². The molecule has 1 amide bonds. The Labute approximate surface area is 124 Å². The lowest BCUT2D eigenvalue weighted by Crippen LogP contribution is -2.20. The molecule has 0 bridgehead atoms. The van der Waals surface area contributed by atoms with Gasteiger partial charge in [0.25, 0.3) is 11.6 Å². The molecule has 114 valence electrons. The molecule has 0 heterocycles. The van der Waals surface area contributed by atoms with Crippen LogP contribution in [-0.2, 0) is 4.79 Å². The van der Waals surface area contributed by atoms with Gasteiger partial charge in [-0.1, -0.05) is 0 Å². The monoisotopic (exact) mass is 306 g/mol. The molecule has 0 unspecified atom stereocenters. The van der Waals surface area contributed by atoms with Crippen molar-refractivity contribution >= 4 is 17.3 Å². The number of nitrogens with zero attached hydrogens (tertiary/aromatic N) is 1. The summed E-state index contributed by atoms with van der Waals surface area (Å²) in [5.74, 6) is -1.07. The van der Waals surface area contributed by atoms with E-state index in [4.69, 9.17) is 4.74 Å². The molecule has 0 fully saturated rings. The Balaban J connectivity index is 1.98. The minimum absolute atomic E-state index is 0.0955. The molecule has 7 nitrogen and oxygen atoms in total. The molecule has 0 aromatic heterocycles. The molecule has 2 aromatic carbocycles. The van der Waals surface area contributed by atoms with Crippen molar-refractivity contribution in [3.8, 4) is 11.5 Å². The Morgan fingerprint density at radius 1 is 1.27 bits per heavy atom. The molecule has 0 atom stereocenters. The predicted molar refractivity (Wildman–Crippen MR) is 75.3 cm³/mol. The second-order valence-corrected chi connectivity index (χ2v) is 4.25. The Morgan fingerprint density at radius 3 is 2.59 bits per heavy atom. The number of carbonyl (C=O) groups is 1. The second-order valence-electron chi connectivity index (χ2n) is 4.25. The standard InChI is InChI=1S/C14H11FN2O5/c15-9-1-4-11(5-2-9)22-8-14(19)16-12-7-10(17(20)21)3-6-13(12)18/h1-7,18H,8H2,(H,16,19). The van der Waals surface area contributed by atoms with E-state index in [0.29, 0.717) is 5.75 Å². The number of rotatable bonds is 5. The predicted octanol–water partition coefficient (Wildman–Crippen LogP) is 2.46. The minimum atomic E-state index is -0.649. The van der Waals surface area contributed by atoms with E-state index in [1.165, 1.54) is 24.3 Å². The molecule has 0 aliphatic carbocycles. The van der Waals surface area contributed by atoms with Gasteiger partial charge in [0.15, 0.2) is 6.61 Å². The average Bonchev–Trinajstić information content (AvgIpc) is 2.48. The smallest absolute Gasteiger partial charge is 0.271 e. The number of carbonyl (C=O) groups excluding carboxylic acids is 1. The summed E-state index contributed by atoms with van der Waals surface area (Å²) < 4.78 is 17.8. The van der Waals surface area contributed by atoms with Crippen molar-refractivity contribution in [2.45, 2.75) is 0 Å². The average molecular weight is 306 g/mol. The first kappa shape index (κ1) is 15.2. The molecule has 2 aromatic rings. The summed E-state index contributed by atoms with van der Waals surface area (Å²) >= 11 is 0.